The molecular formula is C9H8BN5O2. The molecule has 0 atom stereocenters. The number of fused-ring (bicyclic) bond motifs is 1. The number of rotatable bonds is 1. The highest BCUT2D eigenvalue weighted by molar-refractivity contribution is 6.37. The Bertz CT molecular complexity index is 691. The van der Waals surface area contributed by atoms with Crippen LogP contribution in [0.15, 0.2) is 22.8 Å². The Hall–Kier alpha value is -2.51. The molecule has 3 aromatic heterocycles. The minimum atomic E-state index is -0.145. The van der Waals surface area contributed by atoms with Crippen LogP contribution in [-0.4, -0.2) is 32.5 Å². The second-order valence-electron chi connectivity index (χ2n) is 3.57. The van der Waals surface area contributed by atoms with Crippen LogP contribution in [0.5, 0.6) is 5.88 Å². The van der Waals surface area contributed by atoms with E-state index >= 15 is 0 Å². The first-order valence-corrected chi connectivity index (χ1v) is 4.92. The first kappa shape index (κ1) is 9.70. The molecule has 0 fully saturated rings. The Morgan fingerprint density at radius 2 is 2.24 bits per heavy atom. The predicted octanol–water partition coefficient (Wildman–Crippen LogP) is -1.07. The maximum absolute atomic E-state index is 9.54. The van der Waals surface area contributed by atoms with Gasteiger partial charge in [-0.1, -0.05) is 0 Å². The average molecular weight is 229 g/mol. The average Bonchev–Trinajstić information content (AvgIpc) is 2.94. The van der Waals surface area contributed by atoms with Gasteiger partial charge in [0.15, 0.2) is 19.3 Å². The van der Waals surface area contributed by atoms with Crippen molar-refractivity contribution in [1.29, 1.82) is 0 Å². The largest absolute Gasteiger partial charge is 0.493 e. The van der Waals surface area contributed by atoms with Crippen molar-refractivity contribution >= 4 is 24.9 Å². The highest BCUT2D eigenvalue weighted by Gasteiger charge is 2.15. The molecule has 3 rings (SSSR count). The summed E-state index contributed by atoms with van der Waals surface area (Å²) in [6.45, 7) is 0. The van der Waals surface area contributed by atoms with Crippen molar-refractivity contribution in [3.8, 4) is 17.5 Å². The van der Waals surface area contributed by atoms with Crippen LogP contribution in [-0.2, 0) is 0 Å². The first-order chi connectivity index (χ1) is 8.16. The number of hydrogen-bond acceptors (Lipinski definition) is 6. The molecule has 0 aliphatic rings. The van der Waals surface area contributed by atoms with Gasteiger partial charge < -0.3 is 15.3 Å². The van der Waals surface area contributed by atoms with E-state index in [0.717, 1.165) is 0 Å². The molecule has 84 valence electrons. The van der Waals surface area contributed by atoms with E-state index in [1.165, 1.54) is 10.8 Å². The molecule has 8 heteroatoms. The molecule has 0 radical (unpaired) electrons. The van der Waals surface area contributed by atoms with Crippen molar-refractivity contribution in [3.63, 3.8) is 0 Å². The van der Waals surface area contributed by atoms with Crippen molar-refractivity contribution in [2.45, 2.75) is 0 Å². The van der Waals surface area contributed by atoms with E-state index in [1.54, 1.807) is 20.0 Å². The number of nitrogens with two attached hydrogens (primary N) is 1. The zero-order valence-electron chi connectivity index (χ0n) is 8.95. The fraction of sp³-hybridized carbons (Fsp3) is 0. The Morgan fingerprint density at radius 1 is 1.41 bits per heavy atom. The number of aromatic hydroxyl groups is 1. The fourth-order valence-corrected chi connectivity index (χ4v) is 1.56. The highest BCUT2D eigenvalue weighted by atomic mass is 16.3. The molecule has 0 spiro atoms. The molecular weight excluding hydrogens is 221 g/mol. The minimum Gasteiger partial charge on any atom is -0.493 e. The summed E-state index contributed by atoms with van der Waals surface area (Å²) in [6, 6.07) is 3.49. The summed E-state index contributed by atoms with van der Waals surface area (Å²) < 4.78 is 6.56. The molecule has 0 amide bonds. The molecule has 7 nitrogen and oxygen atoms in total. The molecule has 0 aliphatic heterocycles. The number of anilines is 1. The third-order valence-corrected chi connectivity index (χ3v) is 2.46. The van der Waals surface area contributed by atoms with E-state index in [1.807, 2.05) is 0 Å². The third kappa shape index (κ3) is 1.34. The Morgan fingerprint density at radius 3 is 2.94 bits per heavy atom. The van der Waals surface area contributed by atoms with Crippen molar-refractivity contribution in [2.75, 3.05) is 5.73 Å². The normalized spacial score (nSPS) is 11.1. The number of nitrogens with zero attached hydrogens (tertiary/aromatic N) is 4. The van der Waals surface area contributed by atoms with Gasteiger partial charge in [-0.2, -0.15) is 9.50 Å². The Labute approximate surface area is 96.3 Å². The van der Waals surface area contributed by atoms with Crippen molar-refractivity contribution in [2.24, 2.45) is 0 Å². The second kappa shape index (κ2) is 3.24. The van der Waals surface area contributed by atoms with E-state index in [2.05, 4.69) is 15.1 Å². The topological polar surface area (TPSA) is 102 Å². The monoisotopic (exact) mass is 229 g/mol. The molecule has 0 unspecified atom stereocenters. The Kier molecular flexibility index (Phi) is 1.85. The zero-order chi connectivity index (χ0) is 12.0. The van der Waals surface area contributed by atoms with E-state index in [0.29, 0.717) is 22.7 Å². The number of aromatic nitrogens is 4. The summed E-state index contributed by atoms with van der Waals surface area (Å²) in [6.07, 6.45) is 1.53. The molecule has 0 aromatic carbocycles. The van der Waals surface area contributed by atoms with Gasteiger partial charge in [-0.3, -0.25) is 0 Å². The number of hydrogen-bond donors (Lipinski definition) is 2. The lowest BCUT2D eigenvalue weighted by Gasteiger charge is -2.01. The van der Waals surface area contributed by atoms with Gasteiger partial charge >= 0.3 is 0 Å². The smallest absolute Gasteiger partial charge is 0.226 e. The van der Waals surface area contributed by atoms with Crippen LogP contribution in [0.4, 0.5) is 5.95 Å². The molecule has 3 heterocycles. The zero-order valence-corrected chi connectivity index (χ0v) is 8.95. The summed E-state index contributed by atoms with van der Waals surface area (Å²) in [5, 5.41) is 13.7. The summed E-state index contributed by atoms with van der Waals surface area (Å²) in [4.78, 5) is 8.01. The molecule has 3 aromatic rings. The lowest BCUT2D eigenvalue weighted by molar-refractivity contribution is 0.457. The van der Waals surface area contributed by atoms with Gasteiger partial charge in [0.25, 0.3) is 0 Å². The highest BCUT2D eigenvalue weighted by Crippen LogP contribution is 2.17. The SMILES string of the molecule is Bc1c(O)nc(N)n2nc(-c3ccco3)nc12. The van der Waals surface area contributed by atoms with Crippen molar-refractivity contribution < 1.29 is 9.52 Å². The molecule has 0 saturated heterocycles. The molecule has 0 aliphatic carbocycles. The van der Waals surface area contributed by atoms with Crippen LogP contribution in [0.25, 0.3) is 17.2 Å². The quantitative estimate of drug-likeness (QED) is 0.515. The summed E-state index contributed by atoms with van der Waals surface area (Å²) in [5.41, 5.74) is 6.63. The predicted molar refractivity (Wildman–Crippen MR) is 62.7 cm³/mol. The van der Waals surface area contributed by atoms with Crippen LogP contribution >= 0.6 is 0 Å². The lowest BCUT2D eigenvalue weighted by atomic mass is 9.99. The van der Waals surface area contributed by atoms with Gasteiger partial charge in [0.2, 0.25) is 17.7 Å². The summed E-state index contributed by atoms with van der Waals surface area (Å²) in [7, 11) is 1.69. The molecule has 0 bridgehead atoms. The third-order valence-electron chi connectivity index (χ3n) is 2.46. The summed E-state index contributed by atoms with van der Waals surface area (Å²) >= 11 is 0. The van der Waals surface area contributed by atoms with E-state index in [4.69, 9.17) is 10.2 Å². The van der Waals surface area contributed by atoms with Gasteiger partial charge in [0, 0.05) is 5.46 Å². The van der Waals surface area contributed by atoms with E-state index in [9.17, 15) is 5.11 Å². The van der Waals surface area contributed by atoms with Crippen LogP contribution in [0, 0.1) is 0 Å². The molecule has 17 heavy (non-hydrogen) atoms. The van der Waals surface area contributed by atoms with Gasteiger partial charge in [-0.25, -0.2) is 4.98 Å². The van der Waals surface area contributed by atoms with E-state index in [-0.39, 0.29) is 11.8 Å². The van der Waals surface area contributed by atoms with Crippen LogP contribution in [0.2, 0.25) is 0 Å². The molecule has 3 N–H and O–H groups in total. The number of furan rings is 1. The van der Waals surface area contributed by atoms with Gasteiger partial charge in [0.05, 0.1) is 6.26 Å². The minimum absolute atomic E-state index is 0.0772. The molecule has 0 saturated carbocycles. The fourth-order valence-electron chi connectivity index (χ4n) is 1.56. The van der Waals surface area contributed by atoms with Crippen molar-refractivity contribution in [3.05, 3.63) is 18.4 Å². The van der Waals surface area contributed by atoms with E-state index < -0.39 is 0 Å². The van der Waals surface area contributed by atoms with Crippen LogP contribution in [0.3, 0.4) is 0 Å². The van der Waals surface area contributed by atoms with Gasteiger partial charge in [0.1, 0.15) is 0 Å². The second-order valence-corrected chi connectivity index (χ2v) is 3.57. The number of nitrogen functional groups attached to an aromatic ring is 1. The lowest BCUT2D eigenvalue weighted by Crippen LogP contribution is -2.14. The van der Waals surface area contributed by atoms with Crippen molar-refractivity contribution in [1.82, 2.24) is 19.6 Å². The maximum Gasteiger partial charge on any atom is 0.226 e. The van der Waals surface area contributed by atoms with Gasteiger partial charge in [-0.05, 0) is 12.1 Å². The maximum atomic E-state index is 9.54. The van der Waals surface area contributed by atoms with Crippen LogP contribution in [0.1, 0.15) is 0 Å². The van der Waals surface area contributed by atoms with Gasteiger partial charge in [-0.15, -0.1) is 5.10 Å². The summed E-state index contributed by atoms with van der Waals surface area (Å²) in [5.74, 6) is 0.867. The standard InChI is InChI=1S/C9H8BN5O2/c10-5-7-12-6(4-2-1-3-17-4)14-15(7)9(11)13-8(5)16/h1-3,16H,10H2,(H2,11,13). The first-order valence-electron chi connectivity index (χ1n) is 4.92. The van der Waals surface area contributed by atoms with Crippen LogP contribution < -0.4 is 11.2 Å². The Balaban J connectivity index is 2.33.